The molecule has 2 unspecified atom stereocenters. The lowest BCUT2D eigenvalue weighted by Crippen LogP contribution is -2.55. The second-order valence-electron chi connectivity index (χ2n) is 12.5. The number of rotatable bonds is 15. The number of benzene rings is 3. The normalized spacial score (nSPS) is 15.0. The molecule has 0 saturated carbocycles. The van der Waals surface area contributed by atoms with Gasteiger partial charge in [-0.15, -0.1) is 0 Å². The molecule has 2 heterocycles. The molecule has 2 atom stereocenters. The quantitative estimate of drug-likeness (QED) is 0.123. The fourth-order valence-corrected chi connectivity index (χ4v) is 11.6. The van der Waals surface area contributed by atoms with Crippen LogP contribution in [0.1, 0.15) is 55.5 Å². The summed E-state index contributed by atoms with van der Waals surface area (Å²) in [7, 11) is -5.15. The summed E-state index contributed by atoms with van der Waals surface area (Å²) in [6, 6.07) is 13.4. The molecule has 13 heteroatoms. The zero-order chi connectivity index (χ0) is 35.5. The Morgan fingerprint density at radius 3 is 1.96 bits per heavy atom. The van der Waals surface area contributed by atoms with Crippen LogP contribution < -0.4 is 23.7 Å². The highest BCUT2D eigenvalue weighted by Gasteiger charge is 2.45. The van der Waals surface area contributed by atoms with Crippen molar-refractivity contribution in [1.29, 1.82) is 0 Å². The largest absolute Gasteiger partial charge is 0.496 e. The number of fused-ring (bicyclic) bond motifs is 2. The van der Waals surface area contributed by atoms with Crippen LogP contribution in [0, 0.1) is 20.8 Å². The van der Waals surface area contributed by atoms with Gasteiger partial charge in [0.1, 0.15) is 18.4 Å². The van der Waals surface area contributed by atoms with E-state index in [-0.39, 0.29) is 31.6 Å². The number of esters is 1. The van der Waals surface area contributed by atoms with Crippen molar-refractivity contribution >= 4 is 24.3 Å². The first-order valence-corrected chi connectivity index (χ1v) is 20.6. The van der Waals surface area contributed by atoms with Gasteiger partial charge in [0.2, 0.25) is 23.6 Å². The maximum absolute atomic E-state index is 15.1. The number of carbonyl (C=O) groups is 1. The van der Waals surface area contributed by atoms with E-state index in [1.807, 2.05) is 6.92 Å². The van der Waals surface area contributed by atoms with E-state index in [2.05, 4.69) is 20.8 Å². The summed E-state index contributed by atoms with van der Waals surface area (Å²) in [5, 5.41) is 0. The maximum Gasteiger partial charge on any atom is 0.327 e. The predicted molar refractivity (Wildman–Crippen MR) is 186 cm³/mol. The summed E-state index contributed by atoms with van der Waals surface area (Å²) in [5.41, 5.74) is 3.01. The first kappa shape index (κ1) is 36.5. The molecule has 2 aliphatic heterocycles. The molecule has 0 aliphatic carbocycles. The molecule has 2 aliphatic rings. The Kier molecular flexibility index (Phi) is 11.2. The minimum absolute atomic E-state index is 0.0712. The number of carbonyl (C=O) groups excluding carboxylic acids is 1. The van der Waals surface area contributed by atoms with E-state index in [1.165, 1.54) is 4.31 Å². The summed E-state index contributed by atoms with van der Waals surface area (Å²) in [5.74, 6) is 2.09. The van der Waals surface area contributed by atoms with Crippen LogP contribution in [0.25, 0.3) is 0 Å². The number of sulfonamides is 1. The van der Waals surface area contributed by atoms with Crippen LogP contribution >= 0.6 is 0 Å². The minimum atomic E-state index is -4.37. The standard InChI is InChI=1S/C36H47NO10SSi/c1-9-49(10-2,11-3)47-26(7)34(36(38)42-20-28-13-15-30-33(18-28)46-22-44-30)37(19-27-12-14-29-32(17-27)45-21-43-29)48(39,40)35-23(4)16-31(41-8)24(5)25(35)6/h12-18,26,34H,9-11,19-22H2,1-8H3. The molecular formula is C36H47NO10SSi. The average molecular weight is 714 g/mol. The van der Waals surface area contributed by atoms with Crippen molar-refractivity contribution in [3.8, 4) is 28.7 Å². The summed E-state index contributed by atoms with van der Waals surface area (Å²) in [6.07, 6.45) is -0.834. The Morgan fingerprint density at radius 1 is 0.837 bits per heavy atom. The van der Waals surface area contributed by atoms with Crippen molar-refractivity contribution in [3.63, 3.8) is 0 Å². The van der Waals surface area contributed by atoms with Crippen LogP contribution in [0.3, 0.4) is 0 Å². The first-order chi connectivity index (χ1) is 23.4. The SMILES string of the molecule is CC[Si](CC)(CC)OC(C)C(C(=O)OCc1ccc2c(c1)OCO2)N(Cc1ccc2c(c1)OCO2)S(=O)(=O)c1c(C)cc(OC)c(C)c1C. The van der Waals surface area contributed by atoms with Crippen LogP contribution in [0.2, 0.25) is 18.1 Å². The number of ether oxygens (including phenoxy) is 6. The number of hydrogen-bond acceptors (Lipinski definition) is 10. The summed E-state index contributed by atoms with van der Waals surface area (Å²) >= 11 is 0. The Labute approximate surface area is 290 Å². The van der Waals surface area contributed by atoms with Gasteiger partial charge >= 0.3 is 5.97 Å². The van der Waals surface area contributed by atoms with Gasteiger partial charge in [0.25, 0.3) is 0 Å². The third-order valence-electron chi connectivity index (χ3n) is 9.72. The van der Waals surface area contributed by atoms with E-state index in [0.717, 1.165) is 18.1 Å². The van der Waals surface area contributed by atoms with Crippen molar-refractivity contribution in [2.45, 2.75) is 96.8 Å². The van der Waals surface area contributed by atoms with Gasteiger partial charge in [-0.25, -0.2) is 8.42 Å². The Bertz CT molecular complexity index is 1780. The fraction of sp³-hybridized carbons (Fsp3) is 0.472. The monoisotopic (exact) mass is 713 g/mol. The molecule has 0 saturated heterocycles. The van der Waals surface area contributed by atoms with Crippen molar-refractivity contribution in [3.05, 3.63) is 70.3 Å². The molecule has 49 heavy (non-hydrogen) atoms. The molecule has 11 nitrogen and oxygen atoms in total. The van der Waals surface area contributed by atoms with Gasteiger partial charge in [-0.1, -0.05) is 32.9 Å². The number of aryl methyl sites for hydroxylation is 1. The fourth-order valence-electron chi connectivity index (χ4n) is 6.57. The molecule has 266 valence electrons. The first-order valence-electron chi connectivity index (χ1n) is 16.7. The zero-order valence-electron chi connectivity index (χ0n) is 29.6. The van der Waals surface area contributed by atoms with Gasteiger partial charge in [-0.2, -0.15) is 4.31 Å². The predicted octanol–water partition coefficient (Wildman–Crippen LogP) is 6.79. The number of hydrogen-bond donors (Lipinski definition) is 0. The van der Waals surface area contributed by atoms with Crippen LogP contribution in [0.4, 0.5) is 0 Å². The van der Waals surface area contributed by atoms with E-state index in [9.17, 15) is 4.79 Å². The lowest BCUT2D eigenvalue weighted by atomic mass is 10.1. The Hall–Kier alpha value is -3.78. The second kappa shape index (κ2) is 15.0. The summed E-state index contributed by atoms with van der Waals surface area (Å²) < 4.78 is 71.9. The molecule has 3 aromatic rings. The van der Waals surface area contributed by atoms with Crippen molar-refractivity contribution in [2.75, 3.05) is 20.7 Å². The highest BCUT2D eigenvalue weighted by atomic mass is 32.2. The van der Waals surface area contributed by atoms with Gasteiger partial charge in [0, 0.05) is 6.54 Å². The average Bonchev–Trinajstić information content (AvgIpc) is 3.76. The van der Waals surface area contributed by atoms with E-state index in [1.54, 1.807) is 70.3 Å². The van der Waals surface area contributed by atoms with Gasteiger partial charge in [0.05, 0.1) is 18.1 Å². The molecule has 0 aromatic heterocycles. The molecule has 0 amide bonds. The van der Waals surface area contributed by atoms with Gasteiger partial charge < -0.3 is 32.8 Å². The highest BCUT2D eigenvalue weighted by Crippen LogP contribution is 2.38. The van der Waals surface area contributed by atoms with Crippen molar-refractivity contribution in [2.24, 2.45) is 0 Å². The van der Waals surface area contributed by atoms with Crippen molar-refractivity contribution < 1.29 is 46.1 Å². The molecule has 5 rings (SSSR count). The van der Waals surface area contributed by atoms with Gasteiger partial charge in [-0.05, 0) is 104 Å². The molecule has 0 fully saturated rings. The highest BCUT2D eigenvalue weighted by molar-refractivity contribution is 7.89. The lowest BCUT2D eigenvalue weighted by molar-refractivity contribution is -0.153. The molecule has 0 radical (unpaired) electrons. The Balaban J connectivity index is 1.62. The van der Waals surface area contributed by atoms with Gasteiger partial charge in [-0.3, -0.25) is 4.79 Å². The number of nitrogens with zero attached hydrogens (tertiary/aromatic N) is 1. The molecule has 0 N–H and O–H groups in total. The van der Waals surface area contributed by atoms with Crippen LogP contribution in [-0.2, 0) is 37.1 Å². The van der Waals surface area contributed by atoms with E-state index < -0.39 is 36.5 Å². The molecule has 3 aromatic carbocycles. The van der Waals surface area contributed by atoms with Gasteiger partial charge in [0.15, 0.2) is 31.3 Å². The third-order valence-corrected chi connectivity index (χ3v) is 16.6. The molecular weight excluding hydrogens is 667 g/mol. The van der Waals surface area contributed by atoms with E-state index >= 15 is 8.42 Å². The van der Waals surface area contributed by atoms with E-state index in [0.29, 0.717) is 56.6 Å². The maximum atomic E-state index is 15.1. The minimum Gasteiger partial charge on any atom is -0.496 e. The third kappa shape index (κ3) is 7.40. The Morgan fingerprint density at radius 2 is 1.39 bits per heavy atom. The molecule has 0 spiro atoms. The topological polar surface area (TPSA) is 119 Å². The second-order valence-corrected chi connectivity index (χ2v) is 19.1. The van der Waals surface area contributed by atoms with Crippen molar-refractivity contribution in [1.82, 2.24) is 4.31 Å². The number of methoxy groups -OCH3 is 1. The summed E-state index contributed by atoms with van der Waals surface area (Å²) in [4.78, 5) is 14.6. The van der Waals surface area contributed by atoms with Crippen LogP contribution in [0.15, 0.2) is 47.4 Å². The smallest absolute Gasteiger partial charge is 0.327 e. The summed E-state index contributed by atoms with van der Waals surface area (Å²) in [6.45, 7) is 13.3. The van der Waals surface area contributed by atoms with Crippen LogP contribution in [0.5, 0.6) is 28.7 Å². The zero-order valence-corrected chi connectivity index (χ0v) is 31.4. The molecule has 0 bridgehead atoms. The lowest BCUT2D eigenvalue weighted by Gasteiger charge is -2.39. The van der Waals surface area contributed by atoms with E-state index in [4.69, 9.17) is 32.8 Å². The van der Waals surface area contributed by atoms with Crippen LogP contribution in [-0.4, -0.2) is 59.9 Å².